The second-order valence-electron chi connectivity index (χ2n) is 5.99. The van der Waals surface area contributed by atoms with Crippen LogP contribution in [-0.2, 0) is 17.8 Å². The van der Waals surface area contributed by atoms with E-state index in [0.717, 1.165) is 18.4 Å². The monoisotopic (exact) mass is 355 g/mol. The second-order valence-corrected chi connectivity index (χ2v) is 5.99. The Labute approximate surface area is 150 Å². The molecule has 2 aromatic heterocycles. The smallest absolute Gasteiger partial charge is 0.326 e. The zero-order valence-corrected chi connectivity index (χ0v) is 14.5. The maximum atomic E-state index is 11.7. The molecule has 0 amide bonds. The quantitative estimate of drug-likeness (QED) is 0.556. The van der Waals surface area contributed by atoms with Crippen LogP contribution in [0.5, 0.6) is 0 Å². The molecule has 3 aromatic rings. The molecular weight excluding hydrogens is 334 g/mol. The van der Waals surface area contributed by atoms with Crippen molar-refractivity contribution in [2.45, 2.75) is 38.8 Å². The number of carboxylic acid groups (broad SMARTS) is 1. The summed E-state index contributed by atoms with van der Waals surface area (Å²) in [5, 5.41) is 20.7. The van der Waals surface area contributed by atoms with Gasteiger partial charge in [0.1, 0.15) is 6.04 Å². The second kappa shape index (κ2) is 7.77. The third kappa shape index (κ3) is 3.88. The molecule has 1 unspecified atom stereocenters. The Morgan fingerprint density at radius 2 is 2.08 bits per heavy atom. The Hall–Kier alpha value is -3.23. The minimum absolute atomic E-state index is 0.0453. The maximum absolute atomic E-state index is 11.7. The average Bonchev–Trinajstić information content (AvgIpc) is 3.03. The van der Waals surface area contributed by atoms with E-state index in [-0.39, 0.29) is 11.8 Å². The molecule has 0 spiro atoms. The molecule has 4 N–H and O–H groups in total. The Kier molecular flexibility index (Phi) is 5.26. The van der Waals surface area contributed by atoms with E-state index < -0.39 is 12.0 Å². The van der Waals surface area contributed by atoms with Gasteiger partial charge in [0.15, 0.2) is 17.0 Å². The van der Waals surface area contributed by atoms with Gasteiger partial charge in [0.2, 0.25) is 5.95 Å². The van der Waals surface area contributed by atoms with Crippen LogP contribution < -0.4 is 11.1 Å². The molecule has 0 radical (unpaired) electrons. The van der Waals surface area contributed by atoms with Crippen molar-refractivity contribution < 1.29 is 9.90 Å². The van der Waals surface area contributed by atoms with E-state index in [4.69, 9.17) is 5.73 Å². The Morgan fingerprint density at radius 1 is 1.31 bits per heavy atom. The summed E-state index contributed by atoms with van der Waals surface area (Å²) in [5.74, 6) is -0.667. The van der Waals surface area contributed by atoms with Crippen LogP contribution in [0, 0.1) is 0 Å². The minimum Gasteiger partial charge on any atom is -0.480 e. The van der Waals surface area contributed by atoms with Gasteiger partial charge in [-0.3, -0.25) is 0 Å². The molecular formula is C17H21N7O2. The zero-order chi connectivity index (χ0) is 18.5. The first-order valence-electron chi connectivity index (χ1n) is 8.48. The first-order chi connectivity index (χ1) is 12.6. The molecule has 9 nitrogen and oxygen atoms in total. The number of aryl methyl sites for hydroxylation is 1. The highest BCUT2D eigenvalue weighted by atomic mass is 16.4. The highest BCUT2D eigenvalue weighted by Crippen LogP contribution is 2.20. The molecule has 0 fully saturated rings. The number of aliphatic carboxylic acids is 1. The Balaban J connectivity index is 1.90. The molecule has 0 saturated carbocycles. The van der Waals surface area contributed by atoms with Crippen molar-refractivity contribution in [3.8, 4) is 0 Å². The normalized spacial score (nSPS) is 12.2. The van der Waals surface area contributed by atoms with E-state index in [1.807, 2.05) is 30.3 Å². The average molecular weight is 355 g/mol. The molecule has 3 rings (SSSR count). The van der Waals surface area contributed by atoms with E-state index in [1.165, 1.54) is 0 Å². The number of nitrogens with one attached hydrogen (secondary N) is 1. The number of carbonyl (C=O) groups is 1. The molecule has 0 saturated heterocycles. The van der Waals surface area contributed by atoms with Crippen LogP contribution >= 0.6 is 0 Å². The molecule has 9 heteroatoms. The number of unbranched alkanes of at least 4 members (excludes halogenated alkanes) is 1. The van der Waals surface area contributed by atoms with Gasteiger partial charge in [-0.1, -0.05) is 48.9 Å². The van der Waals surface area contributed by atoms with Crippen molar-refractivity contribution in [1.29, 1.82) is 0 Å². The summed E-state index contributed by atoms with van der Waals surface area (Å²) in [6, 6.07) is 8.50. The van der Waals surface area contributed by atoms with Gasteiger partial charge < -0.3 is 16.2 Å². The fourth-order valence-corrected chi connectivity index (χ4v) is 2.65. The van der Waals surface area contributed by atoms with Crippen molar-refractivity contribution in [3.63, 3.8) is 0 Å². The number of nitrogen functional groups attached to an aromatic ring is 1. The van der Waals surface area contributed by atoms with Crippen LogP contribution in [0.15, 0.2) is 30.3 Å². The van der Waals surface area contributed by atoms with Crippen molar-refractivity contribution in [2.75, 3.05) is 11.1 Å². The molecule has 0 aliphatic heterocycles. The number of nitrogens with zero attached hydrogens (tertiary/aromatic N) is 5. The molecule has 136 valence electrons. The standard InChI is InChI=1S/C17H21N7O2/c1-2-3-9-24-15-13(22-23-24)14(20-17(18)21-15)19-12(16(25)26)10-11-7-5-4-6-8-11/h4-8,12H,2-3,9-10H2,1H3,(H,25,26)(H3,18,19,20,21). The summed E-state index contributed by atoms with van der Waals surface area (Å²) in [6.07, 6.45) is 2.23. The summed E-state index contributed by atoms with van der Waals surface area (Å²) in [5.41, 5.74) is 7.62. The minimum atomic E-state index is -0.988. The van der Waals surface area contributed by atoms with E-state index in [1.54, 1.807) is 4.68 Å². The summed E-state index contributed by atoms with van der Waals surface area (Å²) in [4.78, 5) is 20.0. The molecule has 0 bridgehead atoms. The molecule has 2 heterocycles. The topological polar surface area (TPSA) is 132 Å². The van der Waals surface area contributed by atoms with E-state index >= 15 is 0 Å². The number of hydrogen-bond donors (Lipinski definition) is 3. The Bertz CT molecular complexity index is 895. The van der Waals surface area contributed by atoms with Crippen LogP contribution in [0.2, 0.25) is 0 Å². The first kappa shape index (κ1) is 17.6. The third-order valence-corrected chi connectivity index (χ3v) is 4.00. The van der Waals surface area contributed by atoms with E-state index in [2.05, 4.69) is 32.5 Å². The van der Waals surface area contributed by atoms with Crippen LogP contribution in [0.25, 0.3) is 11.2 Å². The van der Waals surface area contributed by atoms with Gasteiger partial charge >= 0.3 is 5.97 Å². The predicted molar refractivity (Wildman–Crippen MR) is 97.6 cm³/mol. The number of aromatic nitrogens is 5. The number of carboxylic acids is 1. The lowest BCUT2D eigenvalue weighted by Crippen LogP contribution is -2.32. The van der Waals surface area contributed by atoms with E-state index in [0.29, 0.717) is 24.1 Å². The highest BCUT2D eigenvalue weighted by Gasteiger charge is 2.22. The number of hydrogen-bond acceptors (Lipinski definition) is 7. The molecule has 0 aliphatic rings. The van der Waals surface area contributed by atoms with Crippen LogP contribution in [0.3, 0.4) is 0 Å². The van der Waals surface area contributed by atoms with Crippen LogP contribution in [0.4, 0.5) is 11.8 Å². The maximum Gasteiger partial charge on any atom is 0.326 e. The molecule has 26 heavy (non-hydrogen) atoms. The SMILES string of the molecule is CCCCn1nnc2c(NC(Cc3ccccc3)C(=O)O)nc(N)nc21. The lowest BCUT2D eigenvalue weighted by molar-refractivity contribution is -0.137. The predicted octanol–water partition coefficient (Wildman–Crippen LogP) is 1.71. The Morgan fingerprint density at radius 3 is 2.77 bits per heavy atom. The van der Waals surface area contributed by atoms with Gasteiger partial charge in [-0.25, -0.2) is 9.48 Å². The van der Waals surface area contributed by atoms with Gasteiger partial charge in [-0.15, -0.1) is 5.10 Å². The van der Waals surface area contributed by atoms with Crippen molar-refractivity contribution >= 4 is 28.9 Å². The fourth-order valence-electron chi connectivity index (χ4n) is 2.65. The number of rotatable bonds is 8. The summed E-state index contributed by atoms with van der Waals surface area (Å²) >= 11 is 0. The van der Waals surface area contributed by atoms with Gasteiger partial charge in [0, 0.05) is 13.0 Å². The lowest BCUT2D eigenvalue weighted by atomic mass is 10.1. The lowest BCUT2D eigenvalue weighted by Gasteiger charge is -2.15. The van der Waals surface area contributed by atoms with Crippen molar-refractivity contribution in [2.24, 2.45) is 0 Å². The van der Waals surface area contributed by atoms with Gasteiger partial charge in [-0.05, 0) is 12.0 Å². The first-order valence-corrected chi connectivity index (χ1v) is 8.48. The summed E-state index contributed by atoms with van der Waals surface area (Å²) in [7, 11) is 0. The van der Waals surface area contributed by atoms with Gasteiger partial charge in [0.25, 0.3) is 0 Å². The van der Waals surface area contributed by atoms with Crippen LogP contribution in [0.1, 0.15) is 25.3 Å². The molecule has 1 atom stereocenters. The van der Waals surface area contributed by atoms with Gasteiger partial charge in [0.05, 0.1) is 0 Å². The fraction of sp³-hybridized carbons (Fsp3) is 0.353. The number of anilines is 2. The third-order valence-electron chi connectivity index (χ3n) is 4.00. The summed E-state index contributed by atoms with van der Waals surface area (Å²) < 4.78 is 1.66. The number of fused-ring (bicyclic) bond motifs is 1. The zero-order valence-electron chi connectivity index (χ0n) is 14.5. The summed E-state index contributed by atoms with van der Waals surface area (Å²) in [6.45, 7) is 2.74. The van der Waals surface area contributed by atoms with Crippen molar-refractivity contribution in [1.82, 2.24) is 25.0 Å². The van der Waals surface area contributed by atoms with E-state index in [9.17, 15) is 9.90 Å². The largest absolute Gasteiger partial charge is 0.480 e. The molecule has 1 aromatic carbocycles. The number of nitrogens with two attached hydrogens (primary N) is 1. The number of benzene rings is 1. The highest BCUT2D eigenvalue weighted by molar-refractivity contribution is 5.86. The van der Waals surface area contributed by atoms with Crippen molar-refractivity contribution in [3.05, 3.63) is 35.9 Å². The van der Waals surface area contributed by atoms with Crippen LogP contribution in [-0.4, -0.2) is 42.1 Å². The van der Waals surface area contributed by atoms with Gasteiger partial charge in [-0.2, -0.15) is 9.97 Å². The molecule has 0 aliphatic carbocycles.